The Balaban J connectivity index is 2.77. The molecule has 0 bridgehead atoms. The lowest BCUT2D eigenvalue weighted by molar-refractivity contribution is -0.143. The number of ketones is 2. The summed E-state index contributed by atoms with van der Waals surface area (Å²) < 4.78 is 9.35. The van der Waals surface area contributed by atoms with Crippen molar-refractivity contribution in [3.63, 3.8) is 0 Å². The maximum Gasteiger partial charge on any atom is 0.313 e. The molecule has 0 fully saturated rings. The van der Waals surface area contributed by atoms with Crippen LogP contribution in [0.5, 0.6) is 0 Å². The van der Waals surface area contributed by atoms with Crippen LogP contribution in [0.3, 0.4) is 0 Å². The van der Waals surface area contributed by atoms with E-state index >= 15 is 0 Å². The minimum Gasteiger partial charge on any atom is -0.466 e. The van der Waals surface area contributed by atoms with Crippen LogP contribution in [-0.4, -0.2) is 41.7 Å². The highest BCUT2D eigenvalue weighted by atomic mass is 16.5. The molecule has 0 spiro atoms. The molecule has 0 aliphatic carbocycles. The SMILES string of the molecule is CCOC(=O)CC(=O)c1cccc(C(=O)CC(=O)OCC)n1. The molecule has 1 rings (SSSR count). The summed E-state index contributed by atoms with van der Waals surface area (Å²) in [5, 5.41) is 0. The summed E-state index contributed by atoms with van der Waals surface area (Å²) >= 11 is 0. The van der Waals surface area contributed by atoms with Crippen molar-refractivity contribution >= 4 is 23.5 Å². The average Bonchev–Trinajstić information content (AvgIpc) is 2.47. The molecule has 0 saturated carbocycles. The highest BCUT2D eigenvalue weighted by Gasteiger charge is 2.18. The Hall–Kier alpha value is -2.57. The molecule has 0 radical (unpaired) electrons. The van der Waals surface area contributed by atoms with Crippen LogP contribution in [-0.2, 0) is 19.1 Å². The van der Waals surface area contributed by atoms with E-state index in [9.17, 15) is 19.2 Å². The first-order chi connectivity index (χ1) is 10.5. The molecule has 0 N–H and O–H groups in total. The summed E-state index contributed by atoms with van der Waals surface area (Å²) in [6, 6.07) is 4.25. The number of hydrogen-bond donors (Lipinski definition) is 0. The largest absolute Gasteiger partial charge is 0.466 e. The van der Waals surface area contributed by atoms with Crippen LogP contribution in [0, 0.1) is 0 Å². The van der Waals surface area contributed by atoms with Gasteiger partial charge in [0.15, 0.2) is 11.6 Å². The molecule has 1 heterocycles. The normalized spacial score (nSPS) is 9.91. The summed E-state index contributed by atoms with van der Waals surface area (Å²) in [7, 11) is 0. The van der Waals surface area contributed by atoms with Crippen molar-refractivity contribution < 1.29 is 28.7 Å². The summed E-state index contributed by atoms with van der Waals surface area (Å²) in [6.07, 6.45) is -0.896. The Morgan fingerprint density at radius 2 is 1.27 bits per heavy atom. The molecule has 0 amide bonds. The lowest BCUT2D eigenvalue weighted by atomic mass is 10.1. The molecule has 0 aliphatic rings. The highest BCUT2D eigenvalue weighted by molar-refractivity contribution is 6.07. The van der Waals surface area contributed by atoms with Crippen molar-refractivity contribution in [2.75, 3.05) is 13.2 Å². The second-order valence-corrected chi connectivity index (χ2v) is 4.22. The fourth-order valence-electron chi connectivity index (χ4n) is 1.61. The number of ether oxygens (including phenoxy) is 2. The Labute approximate surface area is 127 Å². The quantitative estimate of drug-likeness (QED) is 0.406. The summed E-state index contributed by atoms with van der Waals surface area (Å²) in [5.74, 6) is -2.41. The van der Waals surface area contributed by atoms with Gasteiger partial charge in [-0.2, -0.15) is 0 Å². The van der Waals surface area contributed by atoms with Crippen LogP contribution in [0.15, 0.2) is 18.2 Å². The smallest absolute Gasteiger partial charge is 0.313 e. The van der Waals surface area contributed by atoms with Crippen LogP contribution >= 0.6 is 0 Å². The van der Waals surface area contributed by atoms with Crippen molar-refractivity contribution in [2.45, 2.75) is 26.7 Å². The number of esters is 2. The number of nitrogens with zero attached hydrogens (tertiary/aromatic N) is 1. The lowest BCUT2D eigenvalue weighted by Gasteiger charge is -2.04. The molecule has 0 aliphatic heterocycles. The molecule has 22 heavy (non-hydrogen) atoms. The van der Waals surface area contributed by atoms with E-state index in [2.05, 4.69) is 14.5 Å². The summed E-state index contributed by atoms with van der Waals surface area (Å²) in [4.78, 5) is 50.1. The van der Waals surface area contributed by atoms with E-state index < -0.39 is 36.3 Å². The number of rotatable bonds is 8. The number of carbonyl (C=O) groups excluding carboxylic acids is 4. The van der Waals surface area contributed by atoms with E-state index in [1.54, 1.807) is 13.8 Å². The van der Waals surface area contributed by atoms with E-state index in [4.69, 9.17) is 0 Å². The van der Waals surface area contributed by atoms with Gasteiger partial charge in [-0.25, -0.2) is 4.98 Å². The zero-order valence-electron chi connectivity index (χ0n) is 12.5. The molecule has 118 valence electrons. The summed E-state index contributed by atoms with van der Waals surface area (Å²) in [6.45, 7) is 3.62. The van der Waals surface area contributed by atoms with E-state index in [1.165, 1.54) is 18.2 Å². The third-order valence-corrected chi connectivity index (χ3v) is 2.54. The van der Waals surface area contributed by atoms with Gasteiger partial charge < -0.3 is 9.47 Å². The van der Waals surface area contributed by atoms with Crippen LogP contribution in [0.25, 0.3) is 0 Å². The Morgan fingerprint density at radius 1 is 0.864 bits per heavy atom. The number of aromatic nitrogens is 1. The van der Waals surface area contributed by atoms with Crippen LogP contribution in [0.4, 0.5) is 0 Å². The van der Waals surface area contributed by atoms with Gasteiger partial charge in [0.05, 0.1) is 13.2 Å². The fraction of sp³-hybridized carbons (Fsp3) is 0.400. The van der Waals surface area contributed by atoms with Gasteiger partial charge in [0.2, 0.25) is 0 Å². The molecule has 0 aromatic carbocycles. The van der Waals surface area contributed by atoms with E-state index in [-0.39, 0.29) is 24.6 Å². The Bertz CT molecular complexity index is 534. The Kier molecular flexibility index (Phi) is 6.88. The second-order valence-electron chi connectivity index (χ2n) is 4.22. The molecule has 1 aromatic heterocycles. The Morgan fingerprint density at radius 3 is 1.64 bits per heavy atom. The molecule has 7 heteroatoms. The molecule has 0 atom stereocenters. The standard InChI is InChI=1S/C15H17NO6/c1-3-21-14(19)8-12(17)10-6-5-7-11(16-10)13(18)9-15(20)22-4-2/h5-7H,3-4,8-9H2,1-2H3. The topological polar surface area (TPSA) is 99.6 Å². The van der Waals surface area contributed by atoms with Crippen molar-refractivity contribution in [2.24, 2.45) is 0 Å². The maximum atomic E-state index is 11.9. The van der Waals surface area contributed by atoms with Gasteiger partial charge in [-0.3, -0.25) is 19.2 Å². The predicted octanol–water partition coefficient (Wildman–Crippen LogP) is 1.35. The van der Waals surface area contributed by atoms with Crippen LogP contribution in [0.1, 0.15) is 47.7 Å². The molecule has 1 aromatic rings. The van der Waals surface area contributed by atoms with E-state index in [0.717, 1.165) is 0 Å². The first-order valence-electron chi connectivity index (χ1n) is 6.82. The van der Waals surface area contributed by atoms with Gasteiger partial charge in [-0.05, 0) is 26.0 Å². The first-order valence-corrected chi connectivity index (χ1v) is 6.82. The van der Waals surface area contributed by atoms with Gasteiger partial charge in [-0.15, -0.1) is 0 Å². The average molecular weight is 307 g/mol. The predicted molar refractivity (Wildman–Crippen MR) is 75.4 cm³/mol. The van der Waals surface area contributed by atoms with Crippen molar-refractivity contribution in [1.29, 1.82) is 0 Å². The van der Waals surface area contributed by atoms with Gasteiger partial charge in [0.25, 0.3) is 0 Å². The zero-order chi connectivity index (χ0) is 16.5. The number of pyridine rings is 1. The fourth-order valence-corrected chi connectivity index (χ4v) is 1.61. The van der Waals surface area contributed by atoms with Crippen molar-refractivity contribution in [3.05, 3.63) is 29.6 Å². The molecule has 0 saturated heterocycles. The third-order valence-electron chi connectivity index (χ3n) is 2.54. The maximum absolute atomic E-state index is 11.9. The zero-order valence-corrected chi connectivity index (χ0v) is 12.5. The first kappa shape index (κ1) is 17.5. The van der Waals surface area contributed by atoms with Crippen molar-refractivity contribution in [1.82, 2.24) is 4.98 Å². The minimum atomic E-state index is -0.655. The van der Waals surface area contributed by atoms with Gasteiger partial charge in [-0.1, -0.05) is 6.07 Å². The molecule has 0 unspecified atom stereocenters. The number of carbonyl (C=O) groups is 4. The second kappa shape index (κ2) is 8.66. The number of hydrogen-bond acceptors (Lipinski definition) is 7. The van der Waals surface area contributed by atoms with Gasteiger partial charge in [0.1, 0.15) is 24.2 Å². The third kappa shape index (κ3) is 5.43. The number of Topliss-reactive ketones (excluding diaryl/α,β-unsaturated/α-hetero) is 2. The van der Waals surface area contributed by atoms with Gasteiger partial charge >= 0.3 is 11.9 Å². The lowest BCUT2D eigenvalue weighted by Crippen LogP contribution is -2.16. The monoisotopic (exact) mass is 307 g/mol. The molecule has 7 nitrogen and oxygen atoms in total. The van der Waals surface area contributed by atoms with Gasteiger partial charge in [0, 0.05) is 0 Å². The summed E-state index contributed by atoms with van der Waals surface area (Å²) in [5.41, 5.74) is -0.0504. The van der Waals surface area contributed by atoms with Crippen LogP contribution in [0.2, 0.25) is 0 Å². The van der Waals surface area contributed by atoms with Crippen LogP contribution < -0.4 is 0 Å². The molecular weight excluding hydrogens is 290 g/mol. The van der Waals surface area contributed by atoms with E-state index in [0.29, 0.717) is 0 Å². The highest BCUT2D eigenvalue weighted by Crippen LogP contribution is 2.07. The minimum absolute atomic E-state index is 0.0252. The van der Waals surface area contributed by atoms with Crippen molar-refractivity contribution in [3.8, 4) is 0 Å². The molecular formula is C15H17NO6. The van der Waals surface area contributed by atoms with E-state index in [1.807, 2.05) is 0 Å².